The van der Waals surface area contributed by atoms with Crippen molar-refractivity contribution < 1.29 is 42.6 Å². The van der Waals surface area contributed by atoms with E-state index in [1.54, 1.807) is 6.92 Å². The van der Waals surface area contributed by atoms with Gasteiger partial charge in [0, 0.05) is 44.5 Å². The first-order valence-corrected chi connectivity index (χ1v) is 4.32. The average molecular weight is 300 g/mol. The Labute approximate surface area is 119 Å². The molecule has 7 heteroatoms. The second-order valence-electron chi connectivity index (χ2n) is 2.94. The van der Waals surface area contributed by atoms with E-state index in [1.165, 1.54) is 10.8 Å². The summed E-state index contributed by atoms with van der Waals surface area (Å²) in [5.41, 5.74) is 5.58. The maximum absolute atomic E-state index is 11.4. The Morgan fingerprint density at radius 3 is 3.00 bits per heavy atom. The number of aryl methyl sites for hydroxylation is 1. The first-order chi connectivity index (χ1) is 7.06. The molecule has 0 saturated heterocycles. The second kappa shape index (κ2) is 7.11. The minimum atomic E-state index is -0.767. The molecule has 3 N–H and O–H groups in total. The Balaban J connectivity index is 0.00000225. The number of ether oxygens (including phenoxy) is 1. The van der Waals surface area contributed by atoms with Gasteiger partial charge in [-0.15, -0.1) is 0 Å². The van der Waals surface area contributed by atoms with Crippen molar-refractivity contribution >= 4 is 5.82 Å². The van der Waals surface area contributed by atoms with Crippen molar-refractivity contribution in [1.29, 1.82) is 0 Å². The predicted molar refractivity (Wildman–Crippen MR) is 54.5 cm³/mol. The summed E-state index contributed by atoms with van der Waals surface area (Å²) in [5, 5.41) is 8.50. The van der Waals surface area contributed by atoms with Crippen molar-refractivity contribution in [2.75, 3.05) is 12.3 Å². The van der Waals surface area contributed by atoms with Crippen LogP contribution in [0.5, 0.6) is 0 Å². The van der Waals surface area contributed by atoms with E-state index in [-0.39, 0.29) is 45.1 Å². The monoisotopic (exact) mass is 300 g/mol. The molecule has 1 rings (SSSR count). The number of hydrogen-bond donors (Lipinski definition) is 2. The zero-order valence-corrected chi connectivity index (χ0v) is 11.8. The van der Waals surface area contributed by atoms with Crippen molar-refractivity contribution in [3.05, 3.63) is 35.8 Å². The minimum Gasteiger partial charge on any atom is -0.556 e. The molecule has 87 valence electrons. The van der Waals surface area contributed by atoms with Crippen LogP contribution in [0.3, 0.4) is 0 Å². The van der Waals surface area contributed by atoms with Gasteiger partial charge in [0.2, 0.25) is 0 Å². The standard InChI is InChI=1S/C9H13N3O3.Y/c1-6-5-12(7(2)15-4-3-13)9(14)11-8(6)10;/h4-5,7,13H,2-3H2,1H3,(H2,10,11,14);/q-2;/t7-;/m1./s1. The molecule has 0 bridgehead atoms. The van der Waals surface area contributed by atoms with Crippen LogP contribution in [0, 0.1) is 20.5 Å². The summed E-state index contributed by atoms with van der Waals surface area (Å²) >= 11 is 0. The zero-order valence-electron chi connectivity index (χ0n) is 8.96. The van der Waals surface area contributed by atoms with Gasteiger partial charge in [-0.3, -0.25) is 6.92 Å². The van der Waals surface area contributed by atoms with Crippen LogP contribution in [-0.4, -0.2) is 21.3 Å². The Hall–Kier alpha value is -0.296. The third-order valence-electron chi connectivity index (χ3n) is 1.81. The number of hydrogen-bond acceptors (Lipinski definition) is 5. The van der Waals surface area contributed by atoms with Gasteiger partial charge >= 0.3 is 5.69 Å². The van der Waals surface area contributed by atoms with Crippen molar-refractivity contribution in [2.45, 2.75) is 13.2 Å². The molecular formula is C9H13N3O3Y-2. The van der Waals surface area contributed by atoms with E-state index in [0.717, 1.165) is 6.61 Å². The van der Waals surface area contributed by atoms with Crippen molar-refractivity contribution in [1.82, 2.24) is 9.55 Å². The van der Waals surface area contributed by atoms with Gasteiger partial charge in [-0.1, -0.05) is 6.61 Å². The minimum absolute atomic E-state index is 0. The molecule has 1 atom stereocenters. The maximum atomic E-state index is 11.4. The van der Waals surface area contributed by atoms with E-state index in [1.807, 2.05) is 0 Å². The van der Waals surface area contributed by atoms with Crippen LogP contribution in [0.1, 0.15) is 11.8 Å². The molecule has 1 heterocycles. The molecule has 1 aromatic rings. The zero-order chi connectivity index (χ0) is 11.4. The molecule has 0 fully saturated rings. The third kappa shape index (κ3) is 3.94. The molecule has 0 aliphatic heterocycles. The summed E-state index contributed by atoms with van der Waals surface area (Å²) in [4.78, 5) is 15.0. The van der Waals surface area contributed by atoms with Gasteiger partial charge in [-0.25, -0.2) is 4.79 Å². The van der Waals surface area contributed by atoms with Gasteiger partial charge in [0.25, 0.3) is 0 Å². The van der Waals surface area contributed by atoms with Gasteiger partial charge in [0.05, 0.1) is 0 Å². The molecule has 6 nitrogen and oxygen atoms in total. The van der Waals surface area contributed by atoms with Crippen molar-refractivity contribution in [2.24, 2.45) is 0 Å². The van der Waals surface area contributed by atoms with Crippen LogP contribution in [-0.2, 0) is 37.4 Å². The molecule has 0 amide bonds. The van der Waals surface area contributed by atoms with Crippen LogP contribution < -0.4 is 11.4 Å². The number of aliphatic hydroxyl groups excluding tert-OH is 1. The Kier molecular flexibility index (Phi) is 6.98. The Morgan fingerprint density at radius 1 is 1.81 bits per heavy atom. The Morgan fingerprint density at radius 2 is 2.44 bits per heavy atom. The predicted octanol–water partition coefficient (Wildman–Crippen LogP) is -0.365. The van der Waals surface area contributed by atoms with E-state index in [2.05, 4.69) is 11.9 Å². The molecule has 0 aliphatic carbocycles. The van der Waals surface area contributed by atoms with E-state index < -0.39 is 11.9 Å². The number of aliphatic hydroxyl groups is 1. The second-order valence-corrected chi connectivity index (χ2v) is 2.94. The van der Waals surface area contributed by atoms with Crippen molar-refractivity contribution in [3.63, 3.8) is 0 Å². The van der Waals surface area contributed by atoms with E-state index in [4.69, 9.17) is 15.6 Å². The molecule has 0 aliphatic rings. The van der Waals surface area contributed by atoms with Gasteiger partial charge in [0.1, 0.15) is 5.82 Å². The SMILES string of the molecule is [CH2-][C@@H](O[CH-]CO)n1cc(C)c(N)nc1=O.[Y]. The van der Waals surface area contributed by atoms with Crippen LogP contribution in [0.15, 0.2) is 11.0 Å². The molecule has 0 unspecified atom stereocenters. The van der Waals surface area contributed by atoms with Crippen LogP contribution in [0.25, 0.3) is 0 Å². The number of nitrogens with two attached hydrogens (primary N) is 1. The van der Waals surface area contributed by atoms with E-state index in [0.29, 0.717) is 5.56 Å². The van der Waals surface area contributed by atoms with Crippen LogP contribution >= 0.6 is 0 Å². The van der Waals surface area contributed by atoms with Gasteiger partial charge in [-0.05, 0) is 13.2 Å². The van der Waals surface area contributed by atoms with E-state index >= 15 is 0 Å². The number of nitrogen functional groups attached to an aromatic ring is 1. The van der Waals surface area contributed by atoms with Gasteiger partial charge in [0.15, 0.2) is 0 Å². The summed E-state index contributed by atoms with van der Waals surface area (Å²) in [6, 6.07) is 0. The van der Waals surface area contributed by atoms with E-state index in [9.17, 15) is 4.79 Å². The quantitative estimate of drug-likeness (QED) is 0.741. The van der Waals surface area contributed by atoms with Crippen LogP contribution in [0.2, 0.25) is 0 Å². The largest absolute Gasteiger partial charge is 0.556 e. The van der Waals surface area contributed by atoms with Crippen molar-refractivity contribution in [3.8, 4) is 0 Å². The van der Waals surface area contributed by atoms with Crippen LogP contribution in [0.4, 0.5) is 5.82 Å². The number of aromatic nitrogens is 2. The summed E-state index contributed by atoms with van der Waals surface area (Å²) in [6.45, 7) is 6.22. The topological polar surface area (TPSA) is 90.4 Å². The molecule has 0 spiro atoms. The summed E-state index contributed by atoms with van der Waals surface area (Å²) in [5.74, 6) is 0.189. The molecule has 16 heavy (non-hydrogen) atoms. The Bertz CT molecular complexity index is 394. The normalized spacial score (nSPS) is 11.9. The maximum Gasteiger partial charge on any atom is 0.349 e. The number of anilines is 1. The fourth-order valence-corrected chi connectivity index (χ4v) is 1.00. The average Bonchev–Trinajstić information content (AvgIpc) is 2.20. The molecule has 1 radical (unpaired) electrons. The first kappa shape index (κ1) is 15.7. The van der Waals surface area contributed by atoms with Gasteiger partial charge in [-0.2, -0.15) is 11.6 Å². The van der Waals surface area contributed by atoms with Gasteiger partial charge < -0.3 is 20.1 Å². The fraction of sp³-hybridized carbons (Fsp3) is 0.333. The summed E-state index contributed by atoms with van der Waals surface area (Å²) in [6.07, 6.45) is 0.740. The number of rotatable bonds is 4. The smallest absolute Gasteiger partial charge is 0.349 e. The molecule has 0 aromatic carbocycles. The number of nitrogens with zero attached hydrogens (tertiary/aromatic N) is 2. The fourth-order valence-electron chi connectivity index (χ4n) is 1.00. The third-order valence-corrected chi connectivity index (χ3v) is 1.81. The summed E-state index contributed by atoms with van der Waals surface area (Å²) in [7, 11) is 0. The molecular weight excluding hydrogens is 287 g/mol. The first-order valence-electron chi connectivity index (χ1n) is 4.32. The summed E-state index contributed by atoms with van der Waals surface area (Å²) < 4.78 is 6.14. The molecule has 1 aromatic heterocycles. The molecule has 0 saturated carbocycles.